The lowest BCUT2D eigenvalue weighted by atomic mass is 9.96. The molecule has 5 heteroatoms. The third-order valence-electron chi connectivity index (χ3n) is 4.34. The summed E-state index contributed by atoms with van der Waals surface area (Å²) >= 11 is 6.05. The van der Waals surface area contributed by atoms with E-state index in [2.05, 4.69) is 39.8 Å². The minimum Gasteiger partial charge on any atom is -0.489 e. The van der Waals surface area contributed by atoms with Crippen LogP contribution < -0.4 is 4.74 Å². The molecule has 0 spiro atoms. The summed E-state index contributed by atoms with van der Waals surface area (Å²) < 4.78 is 6.04. The van der Waals surface area contributed by atoms with Crippen molar-refractivity contribution in [1.29, 1.82) is 0 Å². The quantitative estimate of drug-likeness (QED) is 0.689. The molecule has 2 rings (SSSR count). The van der Waals surface area contributed by atoms with E-state index in [0.717, 1.165) is 11.3 Å². The minimum atomic E-state index is -1.61. The van der Waals surface area contributed by atoms with Gasteiger partial charge in [-0.2, -0.15) is 0 Å². The maximum absolute atomic E-state index is 11.2. The number of carbonyl (C=O) groups is 1. The fourth-order valence-corrected chi connectivity index (χ4v) is 2.96. The largest absolute Gasteiger partial charge is 0.489 e. The average Bonchev–Trinajstić information content (AvgIpc) is 2.58. The molecule has 0 aliphatic heterocycles. The van der Waals surface area contributed by atoms with Crippen molar-refractivity contribution in [2.75, 3.05) is 0 Å². The van der Waals surface area contributed by atoms with Gasteiger partial charge in [0.05, 0.1) is 0 Å². The number of halogens is 1. The average molecular weight is 377 g/mol. The molecule has 0 amide bonds. The highest BCUT2D eigenvalue weighted by molar-refractivity contribution is 6.30. The van der Waals surface area contributed by atoms with Gasteiger partial charge in [-0.05, 0) is 52.3 Å². The molecule has 2 aromatic carbocycles. The maximum Gasteiger partial charge on any atom is 0.337 e. The molecule has 1 unspecified atom stereocenters. The number of ether oxygens (including phenoxy) is 1. The topological polar surface area (TPSA) is 66.8 Å². The molecular formula is C21H25ClO4. The molecule has 4 nitrogen and oxygen atoms in total. The Morgan fingerprint density at radius 2 is 1.69 bits per heavy atom. The molecule has 1 atom stereocenters. The molecule has 2 N–H and O–H groups in total. The van der Waals surface area contributed by atoms with Crippen molar-refractivity contribution < 1.29 is 19.7 Å². The summed E-state index contributed by atoms with van der Waals surface area (Å²) in [5, 5.41) is 19.5. The minimum absolute atomic E-state index is 0.126. The molecule has 140 valence electrons. The predicted octanol–water partition coefficient (Wildman–Crippen LogP) is 5.28. The predicted molar refractivity (Wildman–Crippen MR) is 103 cm³/mol. The van der Waals surface area contributed by atoms with Gasteiger partial charge in [-0.15, -0.1) is 0 Å². The van der Waals surface area contributed by atoms with Gasteiger partial charge in [-0.25, -0.2) is 4.79 Å². The van der Waals surface area contributed by atoms with Crippen molar-refractivity contribution in [2.24, 2.45) is 0 Å². The monoisotopic (exact) mass is 376 g/mol. The van der Waals surface area contributed by atoms with Crippen LogP contribution in [0, 0.1) is 0 Å². The first kappa shape index (κ1) is 20.3. The van der Waals surface area contributed by atoms with E-state index in [1.54, 1.807) is 12.1 Å². The first-order chi connectivity index (χ1) is 12.2. The third-order valence-corrected chi connectivity index (χ3v) is 4.58. The van der Waals surface area contributed by atoms with Crippen LogP contribution in [0.1, 0.15) is 67.9 Å². The summed E-state index contributed by atoms with van der Waals surface area (Å²) in [6.07, 6.45) is -1.61. The second-order valence-corrected chi connectivity index (χ2v) is 7.42. The van der Waals surface area contributed by atoms with Crippen LogP contribution in [-0.2, 0) is 11.4 Å². The second-order valence-electron chi connectivity index (χ2n) is 6.98. The van der Waals surface area contributed by atoms with E-state index in [1.807, 2.05) is 6.07 Å². The van der Waals surface area contributed by atoms with Crippen molar-refractivity contribution >= 4 is 17.6 Å². The first-order valence-corrected chi connectivity index (χ1v) is 9.04. The van der Waals surface area contributed by atoms with Crippen molar-refractivity contribution in [3.63, 3.8) is 0 Å². The summed E-state index contributed by atoms with van der Waals surface area (Å²) in [5.74, 6) is 0.115. The van der Waals surface area contributed by atoms with E-state index in [0.29, 0.717) is 16.5 Å². The lowest BCUT2D eigenvalue weighted by molar-refractivity contribution is -0.147. The molecule has 0 saturated heterocycles. The highest BCUT2D eigenvalue weighted by Crippen LogP contribution is 2.32. The number of carboxylic acids is 1. The number of aliphatic hydroxyl groups excluding tert-OH is 1. The van der Waals surface area contributed by atoms with E-state index in [1.165, 1.54) is 11.6 Å². The van der Waals surface area contributed by atoms with Crippen LogP contribution in [0.5, 0.6) is 5.75 Å². The van der Waals surface area contributed by atoms with E-state index < -0.39 is 12.1 Å². The normalized spacial score (nSPS) is 12.5. The van der Waals surface area contributed by atoms with Gasteiger partial charge in [0.2, 0.25) is 0 Å². The van der Waals surface area contributed by atoms with Gasteiger partial charge in [0.1, 0.15) is 12.4 Å². The lowest BCUT2D eigenvalue weighted by Crippen LogP contribution is -2.14. The summed E-state index contributed by atoms with van der Waals surface area (Å²) in [5.41, 5.74) is 3.09. The Labute approximate surface area is 159 Å². The van der Waals surface area contributed by atoms with Crippen LogP contribution in [0.15, 0.2) is 36.4 Å². The van der Waals surface area contributed by atoms with Crippen molar-refractivity contribution in [3.8, 4) is 5.75 Å². The van der Waals surface area contributed by atoms with Crippen LogP contribution in [-0.4, -0.2) is 16.2 Å². The molecule has 0 aromatic heterocycles. The van der Waals surface area contributed by atoms with Crippen LogP contribution in [0.25, 0.3) is 0 Å². The van der Waals surface area contributed by atoms with Crippen molar-refractivity contribution in [3.05, 3.63) is 63.7 Å². The molecule has 0 aliphatic carbocycles. The molecule has 0 saturated carbocycles. The SMILES string of the molecule is CC(C)c1ccc(C(C)C)c(OCc2cc(Cl)ccc2C(O)C(=O)O)c1. The first-order valence-electron chi connectivity index (χ1n) is 8.66. The Bertz CT molecular complexity index is 784. The van der Waals surface area contributed by atoms with Gasteiger partial charge in [0.25, 0.3) is 0 Å². The second kappa shape index (κ2) is 8.56. The fraction of sp³-hybridized carbons (Fsp3) is 0.381. The van der Waals surface area contributed by atoms with Crippen LogP contribution in [0.2, 0.25) is 5.02 Å². The van der Waals surface area contributed by atoms with Gasteiger partial charge in [-0.3, -0.25) is 0 Å². The Balaban J connectivity index is 2.35. The Hall–Kier alpha value is -2.04. The third kappa shape index (κ3) is 4.77. The summed E-state index contributed by atoms with van der Waals surface area (Å²) in [6, 6.07) is 10.9. The summed E-state index contributed by atoms with van der Waals surface area (Å²) in [6.45, 7) is 8.55. The van der Waals surface area contributed by atoms with Crippen molar-refractivity contribution in [1.82, 2.24) is 0 Å². The molecule has 0 heterocycles. The van der Waals surface area contributed by atoms with E-state index in [9.17, 15) is 9.90 Å². The van der Waals surface area contributed by atoms with Gasteiger partial charge >= 0.3 is 5.97 Å². The number of hydrogen-bond donors (Lipinski definition) is 2. The van der Waals surface area contributed by atoms with E-state index in [4.69, 9.17) is 21.4 Å². The zero-order chi connectivity index (χ0) is 19.4. The highest BCUT2D eigenvalue weighted by Gasteiger charge is 2.20. The Morgan fingerprint density at radius 1 is 1.04 bits per heavy atom. The van der Waals surface area contributed by atoms with Crippen LogP contribution in [0.4, 0.5) is 0 Å². The molecule has 0 aliphatic rings. The molecule has 0 fully saturated rings. The molecule has 0 bridgehead atoms. The number of hydrogen-bond acceptors (Lipinski definition) is 3. The van der Waals surface area contributed by atoms with E-state index >= 15 is 0 Å². The molecule has 2 aromatic rings. The van der Waals surface area contributed by atoms with Gasteiger partial charge in [0.15, 0.2) is 6.10 Å². The van der Waals surface area contributed by atoms with Crippen molar-refractivity contribution in [2.45, 2.75) is 52.2 Å². The zero-order valence-corrected chi connectivity index (χ0v) is 16.2. The van der Waals surface area contributed by atoms with Crippen LogP contribution in [0.3, 0.4) is 0 Å². The number of rotatable bonds is 7. The Morgan fingerprint density at radius 3 is 2.27 bits per heavy atom. The highest BCUT2D eigenvalue weighted by atomic mass is 35.5. The molecule has 26 heavy (non-hydrogen) atoms. The number of carboxylic acid groups (broad SMARTS) is 1. The van der Waals surface area contributed by atoms with Crippen LogP contribution >= 0.6 is 11.6 Å². The number of aliphatic hydroxyl groups is 1. The summed E-state index contributed by atoms with van der Waals surface area (Å²) in [7, 11) is 0. The smallest absolute Gasteiger partial charge is 0.337 e. The number of aliphatic carboxylic acids is 1. The molecular weight excluding hydrogens is 352 g/mol. The number of benzene rings is 2. The standard InChI is InChI=1S/C21H25ClO4/c1-12(2)14-5-7-17(13(3)4)19(10-14)26-11-15-9-16(22)6-8-18(15)20(23)21(24)25/h5-10,12-13,20,23H,11H2,1-4H3,(H,24,25). The Kier molecular flexibility index (Phi) is 6.68. The fourth-order valence-electron chi connectivity index (χ4n) is 2.77. The lowest BCUT2D eigenvalue weighted by Gasteiger charge is -2.18. The molecule has 0 radical (unpaired) electrons. The zero-order valence-electron chi connectivity index (χ0n) is 15.5. The maximum atomic E-state index is 11.2. The van der Waals surface area contributed by atoms with Gasteiger partial charge < -0.3 is 14.9 Å². The van der Waals surface area contributed by atoms with Gasteiger partial charge in [0, 0.05) is 5.02 Å². The van der Waals surface area contributed by atoms with Gasteiger partial charge in [-0.1, -0.05) is 57.5 Å². The summed E-state index contributed by atoms with van der Waals surface area (Å²) in [4.78, 5) is 11.2. The van der Waals surface area contributed by atoms with E-state index in [-0.39, 0.29) is 18.1 Å².